The van der Waals surface area contributed by atoms with Crippen molar-refractivity contribution < 1.29 is 4.74 Å². The second-order valence-corrected chi connectivity index (χ2v) is 3.94. The van der Waals surface area contributed by atoms with Crippen molar-refractivity contribution >= 4 is 0 Å². The Kier molecular flexibility index (Phi) is 2.73. The third kappa shape index (κ3) is 1.90. The SMILES string of the molecule is CNC[C@@H]1C[C@H]1c1cccc(OC)c1. The first-order valence-electron chi connectivity index (χ1n) is 5.13. The van der Waals surface area contributed by atoms with Crippen LogP contribution in [0.25, 0.3) is 0 Å². The molecule has 1 aliphatic rings. The van der Waals surface area contributed by atoms with E-state index in [1.54, 1.807) is 7.11 Å². The first kappa shape index (κ1) is 9.53. The van der Waals surface area contributed by atoms with Gasteiger partial charge in [0.2, 0.25) is 0 Å². The fourth-order valence-electron chi connectivity index (χ4n) is 2.02. The van der Waals surface area contributed by atoms with Crippen LogP contribution >= 0.6 is 0 Å². The summed E-state index contributed by atoms with van der Waals surface area (Å²) < 4.78 is 5.21. The lowest BCUT2D eigenvalue weighted by Crippen LogP contribution is -2.10. The van der Waals surface area contributed by atoms with Crippen LogP contribution in [0.4, 0.5) is 0 Å². The lowest BCUT2D eigenvalue weighted by Gasteiger charge is -2.03. The molecule has 76 valence electrons. The second kappa shape index (κ2) is 4.01. The fraction of sp³-hybridized carbons (Fsp3) is 0.500. The summed E-state index contributed by atoms with van der Waals surface area (Å²) >= 11 is 0. The minimum absolute atomic E-state index is 0.748. The molecule has 0 unspecified atom stereocenters. The van der Waals surface area contributed by atoms with Crippen LogP contribution in [0.1, 0.15) is 17.9 Å². The summed E-state index contributed by atoms with van der Waals surface area (Å²) in [6.07, 6.45) is 1.31. The molecule has 0 heterocycles. The van der Waals surface area contributed by atoms with Gasteiger partial charge in [0.15, 0.2) is 0 Å². The first-order valence-corrected chi connectivity index (χ1v) is 5.13. The summed E-state index contributed by atoms with van der Waals surface area (Å²) in [5.41, 5.74) is 1.42. The smallest absolute Gasteiger partial charge is 0.119 e. The average Bonchev–Trinajstić information content (AvgIpc) is 2.98. The molecule has 1 aliphatic carbocycles. The standard InChI is InChI=1S/C12H17NO/c1-13-8-10-7-12(10)9-4-3-5-11(6-9)14-2/h3-6,10,12-13H,7-8H2,1-2H3/t10-,12-/m0/s1. The zero-order chi connectivity index (χ0) is 9.97. The Labute approximate surface area is 85.3 Å². The molecule has 1 N–H and O–H groups in total. The van der Waals surface area contributed by atoms with Crippen LogP contribution < -0.4 is 10.1 Å². The third-order valence-corrected chi connectivity index (χ3v) is 2.91. The van der Waals surface area contributed by atoms with E-state index in [4.69, 9.17) is 4.74 Å². The quantitative estimate of drug-likeness (QED) is 0.786. The number of methoxy groups -OCH3 is 1. The zero-order valence-corrected chi connectivity index (χ0v) is 8.79. The molecular weight excluding hydrogens is 174 g/mol. The lowest BCUT2D eigenvalue weighted by molar-refractivity contribution is 0.414. The summed E-state index contributed by atoms with van der Waals surface area (Å²) in [6, 6.07) is 8.42. The summed E-state index contributed by atoms with van der Waals surface area (Å²) in [5.74, 6) is 2.54. The van der Waals surface area contributed by atoms with Crippen LogP contribution in [0.5, 0.6) is 5.75 Å². The number of ether oxygens (including phenoxy) is 1. The van der Waals surface area contributed by atoms with E-state index in [1.807, 2.05) is 13.1 Å². The summed E-state index contributed by atoms with van der Waals surface area (Å²) in [4.78, 5) is 0. The van der Waals surface area contributed by atoms with Crippen molar-refractivity contribution in [2.75, 3.05) is 20.7 Å². The summed E-state index contributed by atoms with van der Waals surface area (Å²) in [5, 5.41) is 3.23. The molecule has 0 aromatic heterocycles. The highest BCUT2D eigenvalue weighted by Crippen LogP contribution is 2.47. The van der Waals surface area contributed by atoms with Gasteiger partial charge in [0, 0.05) is 0 Å². The Morgan fingerprint density at radius 3 is 3.07 bits per heavy atom. The molecule has 2 heteroatoms. The van der Waals surface area contributed by atoms with Gasteiger partial charge in [-0.05, 0) is 49.5 Å². The van der Waals surface area contributed by atoms with Crippen LogP contribution in [-0.2, 0) is 0 Å². The second-order valence-electron chi connectivity index (χ2n) is 3.94. The Morgan fingerprint density at radius 2 is 2.36 bits per heavy atom. The predicted molar refractivity (Wildman–Crippen MR) is 57.8 cm³/mol. The summed E-state index contributed by atoms with van der Waals surface area (Å²) in [7, 11) is 3.73. The van der Waals surface area contributed by atoms with Crippen molar-refractivity contribution in [3.63, 3.8) is 0 Å². The molecule has 0 radical (unpaired) electrons. The molecule has 0 aliphatic heterocycles. The molecule has 0 spiro atoms. The predicted octanol–water partition coefficient (Wildman–Crippen LogP) is 2.02. The van der Waals surface area contributed by atoms with Gasteiger partial charge in [-0.1, -0.05) is 12.1 Å². The topological polar surface area (TPSA) is 21.3 Å². The van der Waals surface area contributed by atoms with Crippen molar-refractivity contribution in [2.45, 2.75) is 12.3 Å². The maximum Gasteiger partial charge on any atom is 0.119 e. The van der Waals surface area contributed by atoms with Gasteiger partial charge in [0.1, 0.15) is 5.75 Å². The first-order chi connectivity index (χ1) is 6.85. The Bertz CT molecular complexity index is 311. The molecule has 14 heavy (non-hydrogen) atoms. The van der Waals surface area contributed by atoms with Crippen LogP contribution in [0.3, 0.4) is 0 Å². The molecule has 1 aromatic carbocycles. The monoisotopic (exact) mass is 191 g/mol. The number of benzene rings is 1. The van der Waals surface area contributed by atoms with Gasteiger partial charge in [0.05, 0.1) is 7.11 Å². The van der Waals surface area contributed by atoms with Crippen molar-refractivity contribution in [1.29, 1.82) is 0 Å². The molecule has 1 aromatic rings. The van der Waals surface area contributed by atoms with Gasteiger partial charge in [-0.25, -0.2) is 0 Å². The maximum atomic E-state index is 5.21. The zero-order valence-electron chi connectivity index (χ0n) is 8.79. The van der Waals surface area contributed by atoms with Gasteiger partial charge < -0.3 is 10.1 Å². The van der Waals surface area contributed by atoms with E-state index < -0.39 is 0 Å². The average molecular weight is 191 g/mol. The van der Waals surface area contributed by atoms with Gasteiger partial charge in [-0.2, -0.15) is 0 Å². The van der Waals surface area contributed by atoms with Crippen molar-refractivity contribution in [1.82, 2.24) is 5.32 Å². The largest absolute Gasteiger partial charge is 0.497 e. The van der Waals surface area contributed by atoms with Crippen molar-refractivity contribution in [2.24, 2.45) is 5.92 Å². The molecule has 2 atom stereocenters. The molecular formula is C12H17NO. The number of hydrogen-bond donors (Lipinski definition) is 1. The Morgan fingerprint density at radius 1 is 1.50 bits per heavy atom. The molecule has 1 fully saturated rings. The molecule has 0 amide bonds. The molecule has 2 rings (SSSR count). The van der Waals surface area contributed by atoms with E-state index in [2.05, 4.69) is 23.5 Å². The highest BCUT2D eigenvalue weighted by Gasteiger charge is 2.37. The third-order valence-electron chi connectivity index (χ3n) is 2.91. The molecule has 2 nitrogen and oxygen atoms in total. The van der Waals surface area contributed by atoms with Gasteiger partial charge in [0.25, 0.3) is 0 Å². The van der Waals surface area contributed by atoms with Crippen molar-refractivity contribution in [3.05, 3.63) is 29.8 Å². The van der Waals surface area contributed by atoms with E-state index in [9.17, 15) is 0 Å². The molecule has 0 bridgehead atoms. The van der Waals surface area contributed by atoms with Crippen LogP contribution in [0, 0.1) is 5.92 Å². The maximum absolute atomic E-state index is 5.21. The van der Waals surface area contributed by atoms with Crippen LogP contribution in [0.2, 0.25) is 0 Å². The summed E-state index contributed by atoms with van der Waals surface area (Å²) in [6.45, 7) is 1.13. The van der Waals surface area contributed by atoms with E-state index >= 15 is 0 Å². The highest BCUT2D eigenvalue weighted by molar-refractivity contribution is 5.34. The van der Waals surface area contributed by atoms with Crippen molar-refractivity contribution in [3.8, 4) is 5.75 Å². The van der Waals surface area contributed by atoms with Gasteiger partial charge in [-0.15, -0.1) is 0 Å². The van der Waals surface area contributed by atoms with E-state index in [1.165, 1.54) is 12.0 Å². The minimum Gasteiger partial charge on any atom is -0.497 e. The van der Waals surface area contributed by atoms with Crippen LogP contribution in [0.15, 0.2) is 24.3 Å². The van der Waals surface area contributed by atoms with Gasteiger partial charge >= 0.3 is 0 Å². The number of nitrogens with one attached hydrogen (secondary N) is 1. The van der Waals surface area contributed by atoms with E-state index in [0.717, 1.165) is 24.1 Å². The van der Waals surface area contributed by atoms with E-state index in [0.29, 0.717) is 0 Å². The number of rotatable bonds is 4. The highest BCUT2D eigenvalue weighted by atomic mass is 16.5. The lowest BCUT2D eigenvalue weighted by atomic mass is 10.1. The number of hydrogen-bond acceptors (Lipinski definition) is 2. The van der Waals surface area contributed by atoms with Crippen LogP contribution in [-0.4, -0.2) is 20.7 Å². The fourth-order valence-corrected chi connectivity index (χ4v) is 2.02. The Hall–Kier alpha value is -1.02. The Balaban J connectivity index is 2.03. The molecule has 0 saturated heterocycles. The molecule has 1 saturated carbocycles. The van der Waals surface area contributed by atoms with Gasteiger partial charge in [-0.3, -0.25) is 0 Å². The normalized spacial score (nSPS) is 24.7. The minimum atomic E-state index is 0.748. The van der Waals surface area contributed by atoms with E-state index in [-0.39, 0.29) is 0 Å².